The fourth-order valence-corrected chi connectivity index (χ4v) is 3.95. The molecule has 3 atom stereocenters. The van der Waals surface area contributed by atoms with Gasteiger partial charge in [0.25, 0.3) is 0 Å². The van der Waals surface area contributed by atoms with E-state index in [0.29, 0.717) is 39.6 Å². The first-order chi connectivity index (χ1) is 15.5. The zero-order valence-electron chi connectivity index (χ0n) is 19.0. The smallest absolute Gasteiger partial charge is 0.416 e. The van der Waals surface area contributed by atoms with Gasteiger partial charge in [0, 0.05) is 17.1 Å². The van der Waals surface area contributed by atoms with Crippen LogP contribution in [0.1, 0.15) is 56.6 Å². The standard InChI is InChI=1S/C24H27F3N4O2/c1-12-5-6-13(2)33-22-11-20-19(10-21(22)32-12)23(31-15(4)30-20)29-14(3)16-7-17(24(25,26)27)9-18(28)8-16/h7-14H,5-6,28H2,1-4H3,(H,29,30,31)/t12-,13-,14-/m1/s1. The minimum Gasteiger partial charge on any atom is -0.487 e. The van der Waals surface area contributed by atoms with Gasteiger partial charge in [0.1, 0.15) is 11.6 Å². The molecule has 0 fully saturated rings. The van der Waals surface area contributed by atoms with Crippen molar-refractivity contribution < 1.29 is 22.6 Å². The molecule has 9 heteroatoms. The second kappa shape index (κ2) is 8.61. The summed E-state index contributed by atoms with van der Waals surface area (Å²) in [6.07, 6.45) is -2.68. The maximum atomic E-state index is 13.3. The molecular formula is C24H27F3N4O2. The Morgan fingerprint density at radius 1 is 1.00 bits per heavy atom. The molecule has 1 aliphatic heterocycles. The maximum Gasteiger partial charge on any atom is 0.416 e. The molecule has 176 valence electrons. The van der Waals surface area contributed by atoms with Crippen LogP contribution in [-0.4, -0.2) is 22.2 Å². The fraction of sp³-hybridized carbons (Fsp3) is 0.417. The molecule has 3 aromatic rings. The number of hydrogen-bond acceptors (Lipinski definition) is 6. The monoisotopic (exact) mass is 460 g/mol. The quantitative estimate of drug-likeness (QED) is 0.464. The van der Waals surface area contributed by atoms with E-state index in [1.807, 2.05) is 26.0 Å². The summed E-state index contributed by atoms with van der Waals surface area (Å²) in [6.45, 7) is 7.55. The minimum absolute atomic E-state index is 0.0160. The van der Waals surface area contributed by atoms with E-state index >= 15 is 0 Å². The molecule has 0 aliphatic carbocycles. The second-order valence-electron chi connectivity index (χ2n) is 8.62. The van der Waals surface area contributed by atoms with Crippen LogP contribution >= 0.6 is 0 Å². The molecule has 0 radical (unpaired) electrons. The zero-order valence-corrected chi connectivity index (χ0v) is 19.0. The third-order valence-electron chi connectivity index (χ3n) is 5.67. The number of benzene rings is 2. The van der Waals surface area contributed by atoms with Crippen LogP contribution in [0, 0.1) is 6.92 Å². The second-order valence-corrected chi connectivity index (χ2v) is 8.62. The summed E-state index contributed by atoms with van der Waals surface area (Å²) >= 11 is 0. The predicted molar refractivity (Wildman–Crippen MR) is 122 cm³/mol. The number of alkyl halides is 3. The number of anilines is 2. The number of ether oxygens (including phenoxy) is 2. The number of nitrogen functional groups attached to an aromatic ring is 1. The van der Waals surface area contributed by atoms with E-state index in [-0.39, 0.29) is 17.9 Å². The number of aromatic nitrogens is 2. The van der Waals surface area contributed by atoms with E-state index in [1.54, 1.807) is 13.8 Å². The van der Waals surface area contributed by atoms with E-state index in [0.717, 1.165) is 25.0 Å². The van der Waals surface area contributed by atoms with Crippen molar-refractivity contribution in [2.24, 2.45) is 0 Å². The fourth-order valence-electron chi connectivity index (χ4n) is 3.95. The van der Waals surface area contributed by atoms with Gasteiger partial charge < -0.3 is 20.5 Å². The number of nitrogens with zero attached hydrogens (tertiary/aromatic N) is 2. The number of nitrogens with two attached hydrogens (primary N) is 1. The first-order valence-corrected chi connectivity index (χ1v) is 10.9. The number of halogens is 3. The van der Waals surface area contributed by atoms with Crippen LogP contribution in [-0.2, 0) is 6.18 Å². The summed E-state index contributed by atoms with van der Waals surface area (Å²) in [5.74, 6) is 2.22. The molecule has 2 heterocycles. The Morgan fingerprint density at radius 2 is 1.64 bits per heavy atom. The Kier molecular flexibility index (Phi) is 5.99. The summed E-state index contributed by atoms with van der Waals surface area (Å²) in [5, 5.41) is 3.92. The van der Waals surface area contributed by atoms with Crippen molar-refractivity contribution in [1.82, 2.24) is 9.97 Å². The lowest BCUT2D eigenvalue weighted by Gasteiger charge is -2.26. The molecule has 6 nitrogen and oxygen atoms in total. The molecule has 0 spiro atoms. The molecule has 4 rings (SSSR count). The molecule has 0 saturated heterocycles. The third-order valence-corrected chi connectivity index (χ3v) is 5.67. The van der Waals surface area contributed by atoms with Gasteiger partial charge in [-0.05, 0) is 70.4 Å². The van der Waals surface area contributed by atoms with E-state index < -0.39 is 17.8 Å². The van der Waals surface area contributed by atoms with Crippen LogP contribution in [0.5, 0.6) is 11.5 Å². The molecule has 0 amide bonds. The van der Waals surface area contributed by atoms with Gasteiger partial charge >= 0.3 is 6.18 Å². The molecule has 1 aromatic heterocycles. The molecule has 0 saturated carbocycles. The van der Waals surface area contributed by atoms with Gasteiger partial charge in [-0.2, -0.15) is 13.2 Å². The molecule has 0 bridgehead atoms. The molecule has 1 aliphatic rings. The van der Waals surface area contributed by atoms with Crippen molar-refractivity contribution in [1.29, 1.82) is 0 Å². The summed E-state index contributed by atoms with van der Waals surface area (Å²) < 4.78 is 51.9. The van der Waals surface area contributed by atoms with Crippen molar-refractivity contribution in [2.45, 2.75) is 65.0 Å². The van der Waals surface area contributed by atoms with Gasteiger partial charge in [0.15, 0.2) is 11.5 Å². The van der Waals surface area contributed by atoms with Crippen LogP contribution < -0.4 is 20.5 Å². The van der Waals surface area contributed by atoms with Crippen molar-refractivity contribution in [3.05, 3.63) is 47.3 Å². The van der Waals surface area contributed by atoms with E-state index in [1.165, 1.54) is 6.07 Å². The average molecular weight is 461 g/mol. The van der Waals surface area contributed by atoms with E-state index in [2.05, 4.69) is 15.3 Å². The summed E-state index contributed by atoms with van der Waals surface area (Å²) in [6, 6.07) is 6.71. The lowest BCUT2D eigenvalue weighted by molar-refractivity contribution is -0.137. The number of nitrogens with one attached hydrogen (secondary N) is 1. The zero-order chi connectivity index (χ0) is 23.9. The molecule has 33 heavy (non-hydrogen) atoms. The normalized spacial score (nSPS) is 19.6. The Hall–Kier alpha value is -3.23. The van der Waals surface area contributed by atoms with Gasteiger partial charge in [0.05, 0.1) is 29.3 Å². The van der Waals surface area contributed by atoms with Crippen LogP contribution in [0.3, 0.4) is 0 Å². The molecule has 3 N–H and O–H groups in total. The predicted octanol–water partition coefficient (Wildman–Crippen LogP) is 6.04. The van der Waals surface area contributed by atoms with Gasteiger partial charge in [0.2, 0.25) is 0 Å². The lowest BCUT2D eigenvalue weighted by atomic mass is 10.0. The largest absolute Gasteiger partial charge is 0.487 e. The lowest BCUT2D eigenvalue weighted by Crippen LogP contribution is -2.22. The number of fused-ring (bicyclic) bond motifs is 2. The van der Waals surface area contributed by atoms with Crippen LogP contribution in [0.4, 0.5) is 24.7 Å². The van der Waals surface area contributed by atoms with Crippen LogP contribution in [0.2, 0.25) is 0 Å². The van der Waals surface area contributed by atoms with E-state index in [9.17, 15) is 13.2 Å². The summed E-state index contributed by atoms with van der Waals surface area (Å²) in [7, 11) is 0. The molecule has 0 unspecified atom stereocenters. The number of rotatable bonds is 3. The molecular weight excluding hydrogens is 433 g/mol. The molecule has 2 aromatic carbocycles. The first-order valence-electron chi connectivity index (χ1n) is 10.9. The van der Waals surface area contributed by atoms with Gasteiger partial charge in [-0.25, -0.2) is 9.97 Å². The third kappa shape index (κ3) is 5.07. The highest BCUT2D eigenvalue weighted by Gasteiger charge is 2.31. The Morgan fingerprint density at radius 3 is 2.27 bits per heavy atom. The highest BCUT2D eigenvalue weighted by molar-refractivity contribution is 5.92. The van der Waals surface area contributed by atoms with Crippen molar-refractivity contribution in [3.8, 4) is 11.5 Å². The first kappa shape index (κ1) is 22.9. The van der Waals surface area contributed by atoms with Crippen molar-refractivity contribution in [2.75, 3.05) is 11.1 Å². The van der Waals surface area contributed by atoms with Crippen LogP contribution in [0.25, 0.3) is 10.9 Å². The van der Waals surface area contributed by atoms with Gasteiger partial charge in [-0.1, -0.05) is 0 Å². The van der Waals surface area contributed by atoms with Crippen molar-refractivity contribution in [3.63, 3.8) is 0 Å². The van der Waals surface area contributed by atoms with Gasteiger partial charge in [-0.3, -0.25) is 0 Å². The van der Waals surface area contributed by atoms with E-state index in [4.69, 9.17) is 15.2 Å². The Bertz CT molecular complexity index is 1180. The number of hydrogen-bond donors (Lipinski definition) is 2. The Labute approximate surface area is 190 Å². The van der Waals surface area contributed by atoms with Crippen molar-refractivity contribution >= 4 is 22.4 Å². The average Bonchev–Trinajstić information content (AvgIpc) is 2.71. The summed E-state index contributed by atoms with van der Waals surface area (Å²) in [4.78, 5) is 9.04. The highest BCUT2D eigenvalue weighted by Crippen LogP contribution is 2.39. The SMILES string of the molecule is Cc1nc(N[C@H](C)c2cc(N)cc(C(F)(F)F)c2)c2cc3c(cc2n1)O[C@H](C)CC[C@@H](C)O3. The summed E-state index contributed by atoms with van der Waals surface area (Å²) in [5.41, 5.74) is 6.07. The minimum atomic E-state index is -4.48. The van der Waals surface area contributed by atoms with Crippen LogP contribution in [0.15, 0.2) is 30.3 Å². The Balaban J connectivity index is 1.74. The topological polar surface area (TPSA) is 82.3 Å². The van der Waals surface area contributed by atoms with Gasteiger partial charge in [-0.15, -0.1) is 0 Å². The maximum absolute atomic E-state index is 13.3. The highest BCUT2D eigenvalue weighted by atomic mass is 19.4. The number of aryl methyl sites for hydroxylation is 1.